The SMILES string of the molecule is Cc1nccn1CCCN1CCN([C@H](C)C(=O)NC2CC2)CC1. The second-order valence-corrected chi connectivity index (χ2v) is 6.86. The van der Waals surface area contributed by atoms with Crippen LogP contribution in [-0.2, 0) is 11.3 Å². The molecule has 23 heavy (non-hydrogen) atoms. The van der Waals surface area contributed by atoms with Crippen LogP contribution in [0.15, 0.2) is 12.4 Å². The third-order valence-electron chi connectivity index (χ3n) is 5.05. The van der Waals surface area contributed by atoms with Gasteiger partial charge in [0.15, 0.2) is 0 Å². The average molecular weight is 319 g/mol. The fourth-order valence-corrected chi connectivity index (χ4v) is 3.19. The van der Waals surface area contributed by atoms with E-state index >= 15 is 0 Å². The molecule has 1 saturated carbocycles. The summed E-state index contributed by atoms with van der Waals surface area (Å²) in [5, 5.41) is 3.11. The highest BCUT2D eigenvalue weighted by atomic mass is 16.2. The van der Waals surface area contributed by atoms with Crippen LogP contribution in [0.1, 0.15) is 32.0 Å². The highest BCUT2D eigenvalue weighted by molar-refractivity contribution is 5.81. The molecule has 6 heteroatoms. The van der Waals surface area contributed by atoms with E-state index < -0.39 is 0 Å². The minimum absolute atomic E-state index is 0.00588. The number of carbonyl (C=O) groups is 1. The van der Waals surface area contributed by atoms with Crippen LogP contribution < -0.4 is 5.32 Å². The zero-order chi connectivity index (χ0) is 16.2. The summed E-state index contributed by atoms with van der Waals surface area (Å²) >= 11 is 0. The molecule has 3 rings (SSSR count). The third kappa shape index (κ3) is 4.54. The maximum atomic E-state index is 12.1. The summed E-state index contributed by atoms with van der Waals surface area (Å²) < 4.78 is 2.21. The van der Waals surface area contributed by atoms with E-state index in [0.29, 0.717) is 6.04 Å². The molecule has 0 unspecified atom stereocenters. The van der Waals surface area contributed by atoms with E-state index in [1.165, 1.54) is 0 Å². The monoisotopic (exact) mass is 319 g/mol. The van der Waals surface area contributed by atoms with Crippen molar-refractivity contribution in [1.29, 1.82) is 0 Å². The van der Waals surface area contributed by atoms with Crippen LogP contribution in [0.4, 0.5) is 0 Å². The number of nitrogens with zero attached hydrogens (tertiary/aromatic N) is 4. The summed E-state index contributed by atoms with van der Waals surface area (Å²) in [6.07, 6.45) is 7.37. The lowest BCUT2D eigenvalue weighted by Gasteiger charge is -2.37. The van der Waals surface area contributed by atoms with Gasteiger partial charge in [-0.3, -0.25) is 9.69 Å². The Bertz CT molecular complexity index is 517. The molecule has 1 amide bonds. The van der Waals surface area contributed by atoms with Gasteiger partial charge in [-0.25, -0.2) is 4.98 Å². The van der Waals surface area contributed by atoms with Crippen molar-refractivity contribution < 1.29 is 4.79 Å². The minimum atomic E-state index is 0.00588. The quantitative estimate of drug-likeness (QED) is 0.810. The Hall–Kier alpha value is -1.40. The molecule has 6 nitrogen and oxygen atoms in total. The summed E-state index contributed by atoms with van der Waals surface area (Å²) in [4.78, 5) is 21.2. The molecule has 1 aromatic rings. The van der Waals surface area contributed by atoms with Gasteiger partial charge in [0.2, 0.25) is 5.91 Å². The van der Waals surface area contributed by atoms with Gasteiger partial charge in [-0.2, -0.15) is 0 Å². The highest BCUT2D eigenvalue weighted by Gasteiger charge is 2.29. The number of carbonyl (C=O) groups excluding carboxylic acids is 1. The Morgan fingerprint density at radius 2 is 2.04 bits per heavy atom. The summed E-state index contributed by atoms with van der Waals surface area (Å²) in [5.41, 5.74) is 0. The van der Waals surface area contributed by atoms with Gasteiger partial charge >= 0.3 is 0 Å². The summed E-state index contributed by atoms with van der Waals surface area (Å²) in [7, 11) is 0. The van der Waals surface area contributed by atoms with Crippen LogP contribution in [0.3, 0.4) is 0 Å². The molecule has 1 aromatic heterocycles. The first-order valence-corrected chi connectivity index (χ1v) is 8.88. The number of hydrogen-bond donors (Lipinski definition) is 1. The van der Waals surface area contributed by atoms with Gasteiger partial charge < -0.3 is 14.8 Å². The topological polar surface area (TPSA) is 53.4 Å². The molecule has 2 fully saturated rings. The predicted octanol–water partition coefficient (Wildman–Crippen LogP) is 0.866. The van der Waals surface area contributed by atoms with Crippen molar-refractivity contribution in [3.05, 3.63) is 18.2 Å². The number of aromatic nitrogens is 2. The van der Waals surface area contributed by atoms with Gasteiger partial charge in [0.05, 0.1) is 6.04 Å². The van der Waals surface area contributed by atoms with E-state index in [9.17, 15) is 4.79 Å². The minimum Gasteiger partial charge on any atom is -0.352 e. The fourth-order valence-electron chi connectivity index (χ4n) is 3.19. The van der Waals surface area contributed by atoms with Crippen LogP contribution in [-0.4, -0.2) is 70.1 Å². The van der Waals surface area contributed by atoms with Crippen molar-refractivity contribution >= 4 is 5.91 Å². The molecule has 0 spiro atoms. The summed E-state index contributed by atoms with van der Waals surface area (Å²) in [6.45, 7) is 10.3. The summed E-state index contributed by atoms with van der Waals surface area (Å²) in [6, 6.07) is 0.462. The number of hydrogen-bond acceptors (Lipinski definition) is 4. The number of rotatable bonds is 7. The second kappa shape index (κ2) is 7.45. The predicted molar refractivity (Wildman–Crippen MR) is 90.2 cm³/mol. The van der Waals surface area contributed by atoms with Crippen molar-refractivity contribution in [3.8, 4) is 0 Å². The Morgan fingerprint density at radius 1 is 1.30 bits per heavy atom. The van der Waals surface area contributed by atoms with Gasteiger partial charge in [-0.1, -0.05) is 0 Å². The zero-order valence-electron chi connectivity index (χ0n) is 14.4. The van der Waals surface area contributed by atoms with Crippen molar-refractivity contribution in [2.45, 2.75) is 51.7 Å². The second-order valence-electron chi connectivity index (χ2n) is 6.86. The average Bonchev–Trinajstić information content (AvgIpc) is 3.28. The van der Waals surface area contributed by atoms with Crippen molar-refractivity contribution in [2.24, 2.45) is 0 Å². The standard InChI is InChI=1S/C17H29N5O/c1-14(17(23)19-16-4-5-16)21-12-10-20(11-13-21)7-3-8-22-9-6-18-15(22)2/h6,9,14,16H,3-5,7-8,10-13H2,1-2H3,(H,19,23)/t14-/m1/s1. The van der Waals surface area contributed by atoms with Gasteiger partial charge in [0.1, 0.15) is 5.82 Å². The number of nitrogens with one attached hydrogen (secondary N) is 1. The normalized spacial score (nSPS) is 21.3. The van der Waals surface area contributed by atoms with E-state index in [1.807, 2.05) is 26.2 Å². The van der Waals surface area contributed by atoms with Crippen LogP contribution in [0, 0.1) is 6.92 Å². The van der Waals surface area contributed by atoms with Crippen molar-refractivity contribution in [3.63, 3.8) is 0 Å². The van der Waals surface area contributed by atoms with E-state index in [0.717, 1.165) is 64.4 Å². The van der Waals surface area contributed by atoms with Crippen LogP contribution in [0.5, 0.6) is 0 Å². The first-order valence-electron chi connectivity index (χ1n) is 8.88. The molecule has 1 aliphatic carbocycles. The molecular formula is C17H29N5O. The van der Waals surface area contributed by atoms with Gasteiger partial charge in [0.25, 0.3) is 0 Å². The van der Waals surface area contributed by atoms with Crippen molar-refractivity contribution in [1.82, 2.24) is 24.7 Å². The molecule has 2 aliphatic rings. The first kappa shape index (κ1) is 16.5. The number of amides is 1. The lowest BCUT2D eigenvalue weighted by Crippen LogP contribution is -2.54. The molecule has 1 atom stereocenters. The maximum absolute atomic E-state index is 12.1. The smallest absolute Gasteiger partial charge is 0.237 e. The molecule has 0 aromatic carbocycles. The van der Waals surface area contributed by atoms with Gasteiger partial charge in [-0.15, -0.1) is 0 Å². The van der Waals surface area contributed by atoms with E-state index in [1.54, 1.807) is 0 Å². The zero-order valence-corrected chi connectivity index (χ0v) is 14.4. The maximum Gasteiger partial charge on any atom is 0.237 e. The van der Waals surface area contributed by atoms with E-state index in [4.69, 9.17) is 0 Å². The van der Waals surface area contributed by atoms with E-state index in [2.05, 4.69) is 24.7 Å². The third-order valence-corrected chi connectivity index (χ3v) is 5.05. The lowest BCUT2D eigenvalue weighted by molar-refractivity contribution is -0.126. The van der Waals surface area contributed by atoms with Crippen molar-refractivity contribution in [2.75, 3.05) is 32.7 Å². The first-order chi connectivity index (χ1) is 11.1. The molecule has 1 N–H and O–H groups in total. The Morgan fingerprint density at radius 3 is 2.65 bits per heavy atom. The molecular weight excluding hydrogens is 290 g/mol. The van der Waals surface area contributed by atoms with Crippen LogP contribution in [0.25, 0.3) is 0 Å². The molecule has 2 heterocycles. The number of imidazole rings is 1. The molecule has 0 bridgehead atoms. The Kier molecular flexibility index (Phi) is 5.33. The van der Waals surface area contributed by atoms with E-state index in [-0.39, 0.29) is 11.9 Å². The molecule has 128 valence electrons. The number of aryl methyl sites for hydroxylation is 2. The number of piperazine rings is 1. The fraction of sp³-hybridized carbons (Fsp3) is 0.765. The highest BCUT2D eigenvalue weighted by Crippen LogP contribution is 2.19. The largest absolute Gasteiger partial charge is 0.352 e. The van der Waals surface area contributed by atoms with Gasteiger partial charge in [0, 0.05) is 51.2 Å². The molecule has 1 aliphatic heterocycles. The Balaban J connectivity index is 1.34. The van der Waals surface area contributed by atoms with Crippen LogP contribution in [0.2, 0.25) is 0 Å². The molecule has 1 saturated heterocycles. The lowest BCUT2D eigenvalue weighted by atomic mass is 10.2. The summed E-state index contributed by atoms with van der Waals surface area (Å²) in [5.74, 6) is 1.29. The molecule has 0 radical (unpaired) electrons. The van der Waals surface area contributed by atoms with Crippen LogP contribution >= 0.6 is 0 Å². The van der Waals surface area contributed by atoms with Gasteiger partial charge in [-0.05, 0) is 39.7 Å². The Labute approximate surface area is 138 Å².